The standard InChI is InChI=1S/C24H26N4O5/c1-32-13-12-27-11-10-18-19(4-3-5-21(18)27)25-22(29)14-20-23(30)28(24(31)26-20)15-16-6-8-17(33-2)9-7-16/h3-11,20H,12-15H2,1-2H3,(H,25,29)(H,26,31)/t20-/m1/s1. The SMILES string of the molecule is COCCn1ccc2c(NC(=O)C[C@H]3NC(=O)N(Cc4ccc(OC)cc4)C3=O)cccc21. The molecule has 9 nitrogen and oxygen atoms in total. The predicted octanol–water partition coefficient (Wildman–Crippen LogP) is 2.75. The molecule has 4 amide bonds. The molecule has 2 heterocycles. The number of imide groups is 1. The highest BCUT2D eigenvalue weighted by atomic mass is 16.5. The van der Waals surface area contributed by atoms with Crippen molar-refractivity contribution in [3.8, 4) is 5.75 Å². The van der Waals surface area contributed by atoms with Crippen molar-refractivity contribution in [2.24, 2.45) is 0 Å². The van der Waals surface area contributed by atoms with Crippen LogP contribution in [0.15, 0.2) is 54.7 Å². The number of fused-ring (bicyclic) bond motifs is 1. The molecule has 9 heteroatoms. The highest BCUT2D eigenvalue weighted by Crippen LogP contribution is 2.25. The molecule has 1 atom stereocenters. The van der Waals surface area contributed by atoms with Crippen molar-refractivity contribution in [3.63, 3.8) is 0 Å². The molecule has 1 fully saturated rings. The maximum Gasteiger partial charge on any atom is 0.325 e. The van der Waals surface area contributed by atoms with Crippen LogP contribution in [0.5, 0.6) is 5.75 Å². The van der Waals surface area contributed by atoms with E-state index in [1.54, 1.807) is 38.5 Å². The van der Waals surface area contributed by atoms with Crippen molar-refractivity contribution >= 4 is 34.4 Å². The molecule has 1 aliphatic heterocycles. The van der Waals surface area contributed by atoms with E-state index in [0.717, 1.165) is 21.4 Å². The van der Waals surface area contributed by atoms with Crippen molar-refractivity contribution in [2.45, 2.75) is 25.6 Å². The number of amides is 4. The summed E-state index contributed by atoms with van der Waals surface area (Å²) in [6.07, 6.45) is 1.79. The van der Waals surface area contributed by atoms with Gasteiger partial charge in [0.05, 0.1) is 37.9 Å². The summed E-state index contributed by atoms with van der Waals surface area (Å²) >= 11 is 0. The molecule has 4 rings (SSSR count). The normalized spacial score (nSPS) is 15.7. The van der Waals surface area contributed by atoms with Crippen LogP contribution in [-0.2, 0) is 27.4 Å². The number of benzene rings is 2. The van der Waals surface area contributed by atoms with Gasteiger partial charge in [-0.15, -0.1) is 0 Å². The van der Waals surface area contributed by atoms with E-state index in [2.05, 4.69) is 10.6 Å². The number of aromatic nitrogens is 1. The number of carbonyl (C=O) groups is 3. The molecule has 0 bridgehead atoms. The first-order valence-electron chi connectivity index (χ1n) is 10.6. The lowest BCUT2D eigenvalue weighted by Gasteiger charge is -2.13. The molecule has 172 valence electrons. The molecule has 1 aromatic heterocycles. The zero-order valence-corrected chi connectivity index (χ0v) is 18.5. The number of anilines is 1. The van der Waals surface area contributed by atoms with Gasteiger partial charge in [-0.1, -0.05) is 18.2 Å². The summed E-state index contributed by atoms with van der Waals surface area (Å²) < 4.78 is 12.3. The Hall–Kier alpha value is -3.85. The number of urea groups is 1. The van der Waals surface area contributed by atoms with Gasteiger partial charge in [-0.2, -0.15) is 0 Å². The second-order valence-corrected chi connectivity index (χ2v) is 7.77. The number of nitrogens with one attached hydrogen (secondary N) is 2. The van der Waals surface area contributed by atoms with E-state index < -0.39 is 18.0 Å². The Morgan fingerprint density at radius 2 is 1.88 bits per heavy atom. The molecule has 0 radical (unpaired) electrons. The number of ether oxygens (including phenoxy) is 2. The third-order valence-corrected chi connectivity index (χ3v) is 5.62. The summed E-state index contributed by atoms with van der Waals surface area (Å²) in [6.45, 7) is 1.40. The molecular weight excluding hydrogens is 424 g/mol. The molecule has 33 heavy (non-hydrogen) atoms. The molecule has 0 aliphatic carbocycles. The first kappa shape index (κ1) is 22.3. The Morgan fingerprint density at radius 1 is 1.09 bits per heavy atom. The number of methoxy groups -OCH3 is 2. The van der Waals surface area contributed by atoms with Crippen molar-refractivity contribution in [2.75, 3.05) is 26.1 Å². The predicted molar refractivity (Wildman–Crippen MR) is 123 cm³/mol. The van der Waals surface area contributed by atoms with Gasteiger partial charge < -0.3 is 24.7 Å². The molecule has 2 N–H and O–H groups in total. The average Bonchev–Trinajstić information content (AvgIpc) is 3.35. The van der Waals surface area contributed by atoms with Gasteiger partial charge in [0, 0.05) is 25.2 Å². The highest BCUT2D eigenvalue weighted by molar-refractivity contribution is 6.08. The van der Waals surface area contributed by atoms with Crippen LogP contribution in [-0.4, -0.2) is 54.2 Å². The van der Waals surface area contributed by atoms with Gasteiger partial charge in [0.1, 0.15) is 11.8 Å². The van der Waals surface area contributed by atoms with E-state index in [-0.39, 0.29) is 18.9 Å². The van der Waals surface area contributed by atoms with Gasteiger partial charge in [0.2, 0.25) is 5.91 Å². The van der Waals surface area contributed by atoms with E-state index in [0.29, 0.717) is 24.6 Å². The van der Waals surface area contributed by atoms with Gasteiger partial charge in [-0.05, 0) is 35.9 Å². The maximum absolute atomic E-state index is 12.8. The molecule has 0 spiro atoms. The quantitative estimate of drug-likeness (QED) is 0.488. The van der Waals surface area contributed by atoms with Crippen LogP contribution in [0.2, 0.25) is 0 Å². The molecule has 2 aromatic carbocycles. The van der Waals surface area contributed by atoms with Crippen LogP contribution in [0.4, 0.5) is 10.5 Å². The topological polar surface area (TPSA) is 102 Å². The molecule has 3 aromatic rings. The lowest BCUT2D eigenvalue weighted by atomic mass is 10.1. The molecular formula is C24H26N4O5. The van der Waals surface area contributed by atoms with Crippen molar-refractivity contribution in [1.29, 1.82) is 0 Å². The molecule has 1 saturated heterocycles. The zero-order valence-electron chi connectivity index (χ0n) is 18.5. The number of carbonyl (C=O) groups excluding carboxylic acids is 3. The van der Waals surface area contributed by atoms with Gasteiger partial charge in [0.15, 0.2) is 0 Å². The number of hydrogen-bond acceptors (Lipinski definition) is 5. The smallest absolute Gasteiger partial charge is 0.325 e. The Labute approximate surface area is 191 Å². The zero-order chi connectivity index (χ0) is 23.4. The first-order valence-corrected chi connectivity index (χ1v) is 10.6. The summed E-state index contributed by atoms with van der Waals surface area (Å²) in [5.74, 6) is -0.0819. The largest absolute Gasteiger partial charge is 0.497 e. The maximum atomic E-state index is 12.8. The summed E-state index contributed by atoms with van der Waals surface area (Å²) in [7, 11) is 3.22. The fourth-order valence-electron chi connectivity index (χ4n) is 3.88. The lowest BCUT2D eigenvalue weighted by Crippen LogP contribution is -2.34. The molecule has 0 unspecified atom stereocenters. The number of nitrogens with zero attached hydrogens (tertiary/aromatic N) is 2. The van der Waals surface area contributed by atoms with Gasteiger partial charge in [-0.25, -0.2) is 4.79 Å². The minimum absolute atomic E-state index is 0.126. The van der Waals surface area contributed by atoms with E-state index in [1.807, 2.05) is 35.0 Å². The summed E-state index contributed by atoms with van der Waals surface area (Å²) in [4.78, 5) is 38.9. The van der Waals surface area contributed by atoms with E-state index in [1.165, 1.54) is 0 Å². The molecule has 0 saturated carbocycles. The molecule has 1 aliphatic rings. The van der Waals surface area contributed by atoms with Gasteiger partial charge in [0.25, 0.3) is 5.91 Å². The number of hydrogen-bond donors (Lipinski definition) is 2. The fourth-order valence-corrected chi connectivity index (χ4v) is 3.88. The second kappa shape index (κ2) is 9.74. The van der Waals surface area contributed by atoms with Crippen LogP contribution >= 0.6 is 0 Å². The average molecular weight is 450 g/mol. The number of rotatable bonds is 9. The summed E-state index contributed by atoms with van der Waals surface area (Å²) in [5, 5.41) is 6.38. The van der Waals surface area contributed by atoms with Gasteiger partial charge in [-0.3, -0.25) is 14.5 Å². The van der Waals surface area contributed by atoms with Crippen LogP contribution < -0.4 is 15.4 Å². The minimum atomic E-state index is -0.902. The van der Waals surface area contributed by atoms with Crippen LogP contribution in [0.3, 0.4) is 0 Å². The van der Waals surface area contributed by atoms with E-state index in [9.17, 15) is 14.4 Å². The summed E-state index contributed by atoms with van der Waals surface area (Å²) in [5.41, 5.74) is 2.41. The second-order valence-electron chi connectivity index (χ2n) is 7.77. The van der Waals surface area contributed by atoms with E-state index in [4.69, 9.17) is 9.47 Å². The Bertz CT molecular complexity index is 1170. The van der Waals surface area contributed by atoms with E-state index >= 15 is 0 Å². The monoisotopic (exact) mass is 450 g/mol. The third kappa shape index (κ3) is 4.83. The Morgan fingerprint density at radius 3 is 2.61 bits per heavy atom. The highest BCUT2D eigenvalue weighted by Gasteiger charge is 2.39. The van der Waals surface area contributed by atoms with Crippen molar-refractivity contribution in [3.05, 3.63) is 60.3 Å². The minimum Gasteiger partial charge on any atom is -0.497 e. The Kier molecular flexibility index (Phi) is 6.60. The van der Waals surface area contributed by atoms with Crippen molar-refractivity contribution in [1.82, 2.24) is 14.8 Å². The van der Waals surface area contributed by atoms with Gasteiger partial charge >= 0.3 is 6.03 Å². The summed E-state index contributed by atoms with van der Waals surface area (Å²) in [6, 6.07) is 13.3. The third-order valence-electron chi connectivity index (χ3n) is 5.62. The lowest BCUT2D eigenvalue weighted by molar-refractivity contribution is -0.130. The Balaban J connectivity index is 1.40. The van der Waals surface area contributed by atoms with Crippen LogP contribution in [0.25, 0.3) is 10.9 Å². The fraction of sp³-hybridized carbons (Fsp3) is 0.292. The van der Waals surface area contributed by atoms with Crippen molar-refractivity contribution < 1.29 is 23.9 Å². The first-order chi connectivity index (χ1) is 16.0. The van der Waals surface area contributed by atoms with Crippen LogP contribution in [0.1, 0.15) is 12.0 Å². The van der Waals surface area contributed by atoms with Crippen LogP contribution in [0, 0.1) is 0 Å².